The molecule has 2 aromatic heterocycles. The van der Waals surface area contributed by atoms with Crippen molar-refractivity contribution in [2.45, 2.75) is 6.92 Å². The Morgan fingerprint density at radius 2 is 1.79 bits per heavy atom. The Labute approximate surface area is 95.5 Å². The van der Waals surface area contributed by atoms with Gasteiger partial charge >= 0.3 is 0 Å². The van der Waals surface area contributed by atoms with Crippen molar-refractivity contribution in [3.63, 3.8) is 0 Å². The molecule has 0 aliphatic carbocycles. The highest BCUT2D eigenvalue weighted by atomic mass is 35.5. The molecule has 0 saturated carbocycles. The standard InChI is InChI=1S/C9H6Cl2N2S/c1-5-12-7(4-14-5)6-2-8(10)13-9(11)3-6/h2-4H,1H3. The molecule has 0 aliphatic rings. The normalized spacial score (nSPS) is 10.5. The van der Waals surface area contributed by atoms with Gasteiger partial charge < -0.3 is 0 Å². The van der Waals surface area contributed by atoms with Gasteiger partial charge in [0.2, 0.25) is 0 Å². The molecule has 0 fully saturated rings. The first kappa shape index (κ1) is 9.90. The van der Waals surface area contributed by atoms with E-state index in [4.69, 9.17) is 23.2 Å². The minimum atomic E-state index is 0.387. The van der Waals surface area contributed by atoms with Gasteiger partial charge in [0.05, 0.1) is 10.7 Å². The van der Waals surface area contributed by atoms with Crippen LogP contribution >= 0.6 is 34.5 Å². The van der Waals surface area contributed by atoms with Gasteiger partial charge in [-0.2, -0.15) is 0 Å². The number of pyridine rings is 1. The second kappa shape index (κ2) is 3.85. The van der Waals surface area contributed by atoms with Crippen molar-refractivity contribution >= 4 is 34.5 Å². The van der Waals surface area contributed by atoms with Gasteiger partial charge in [0.15, 0.2) is 0 Å². The fraction of sp³-hybridized carbons (Fsp3) is 0.111. The second-order valence-electron chi connectivity index (χ2n) is 2.75. The molecule has 0 spiro atoms. The van der Waals surface area contributed by atoms with Crippen LogP contribution in [0.25, 0.3) is 11.3 Å². The predicted octanol–water partition coefficient (Wildman–Crippen LogP) is 3.82. The number of aryl methyl sites for hydroxylation is 1. The van der Waals surface area contributed by atoms with E-state index < -0.39 is 0 Å². The number of rotatable bonds is 1. The van der Waals surface area contributed by atoms with Crippen molar-refractivity contribution in [2.24, 2.45) is 0 Å². The lowest BCUT2D eigenvalue weighted by atomic mass is 10.2. The summed E-state index contributed by atoms with van der Waals surface area (Å²) >= 11 is 13.2. The zero-order valence-corrected chi connectivity index (χ0v) is 9.62. The first-order valence-electron chi connectivity index (χ1n) is 3.91. The highest BCUT2D eigenvalue weighted by Gasteiger charge is 2.05. The minimum Gasteiger partial charge on any atom is -0.242 e. The molecule has 0 amide bonds. The molecule has 5 heteroatoms. The van der Waals surface area contributed by atoms with Crippen LogP contribution in [0, 0.1) is 6.92 Å². The number of nitrogens with zero attached hydrogens (tertiary/aromatic N) is 2. The summed E-state index contributed by atoms with van der Waals surface area (Å²) in [6, 6.07) is 3.50. The van der Waals surface area contributed by atoms with E-state index >= 15 is 0 Å². The highest BCUT2D eigenvalue weighted by Crippen LogP contribution is 2.25. The Balaban J connectivity index is 2.51. The van der Waals surface area contributed by atoms with E-state index in [-0.39, 0.29) is 0 Å². The Kier molecular flexibility index (Phi) is 2.72. The summed E-state index contributed by atoms with van der Waals surface area (Å²) < 4.78 is 0. The van der Waals surface area contributed by atoms with Crippen LogP contribution in [0.1, 0.15) is 5.01 Å². The first-order chi connectivity index (χ1) is 6.65. The number of hydrogen-bond acceptors (Lipinski definition) is 3. The number of halogens is 2. The predicted molar refractivity (Wildman–Crippen MR) is 60.1 cm³/mol. The maximum atomic E-state index is 5.79. The molecule has 14 heavy (non-hydrogen) atoms. The molecule has 0 saturated heterocycles. The number of aromatic nitrogens is 2. The summed E-state index contributed by atoms with van der Waals surface area (Å²) in [5.74, 6) is 0. The summed E-state index contributed by atoms with van der Waals surface area (Å²) in [4.78, 5) is 8.21. The Morgan fingerprint density at radius 1 is 1.14 bits per heavy atom. The third-order valence-corrected chi connectivity index (χ3v) is 2.84. The lowest BCUT2D eigenvalue weighted by Crippen LogP contribution is -1.82. The Hall–Kier alpha value is -0.640. The van der Waals surface area contributed by atoms with Gasteiger partial charge in [-0.1, -0.05) is 23.2 Å². The maximum Gasteiger partial charge on any atom is 0.131 e. The highest BCUT2D eigenvalue weighted by molar-refractivity contribution is 7.09. The molecule has 72 valence electrons. The van der Waals surface area contributed by atoms with Crippen molar-refractivity contribution in [3.05, 3.63) is 32.8 Å². The summed E-state index contributed by atoms with van der Waals surface area (Å²) in [5, 5.41) is 3.76. The molecule has 2 heterocycles. The fourth-order valence-electron chi connectivity index (χ4n) is 1.11. The lowest BCUT2D eigenvalue weighted by Gasteiger charge is -1.98. The summed E-state index contributed by atoms with van der Waals surface area (Å²) in [6.07, 6.45) is 0. The maximum absolute atomic E-state index is 5.79. The van der Waals surface area contributed by atoms with Gasteiger partial charge in [-0.25, -0.2) is 9.97 Å². The molecule has 0 aliphatic heterocycles. The van der Waals surface area contributed by atoms with Crippen molar-refractivity contribution in [1.29, 1.82) is 0 Å². The average Bonchev–Trinajstić information content (AvgIpc) is 2.50. The van der Waals surface area contributed by atoms with Crippen LogP contribution in [0.5, 0.6) is 0 Å². The molecule has 0 N–H and O–H groups in total. The molecular formula is C9H6Cl2N2S. The zero-order valence-electron chi connectivity index (χ0n) is 7.29. The Morgan fingerprint density at radius 3 is 2.29 bits per heavy atom. The molecule has 0 bridgehead atoms. The molecule has 0 atom stereocenters. The second-order valence-corrected chi connectivity index (χ2v) is 4.59. The van der Waals surface area contributed by atoms with Gasteiger partial charge in [0, 0.05) is 10.9 Å². The van der Waals surface area contributed by atoms with E-state index in [2.05, 4.69) is 9.97 Å². The molecule has 2 rings (SSSR count). The van der Waals surface area contributed by atoms with Gasteiger partial charge in [-0.15, -0.1) is 11.3 Å². The quantitative estimate of drug-likeness (QED) is 0.713. The number of hydrogen-bond donors (Lipinski definition) is 0. The van der Waals surface area contributed by atoms with Crippen LogP contribution in [-0.4, -0.2) is 9.97 Å². The minimum absolute atomic E-state index is 0.387. The van der Waals surface area contributed by atoms with Crippen molar-refractivity contribution in [3.8, 4) is 11.3 Å². The summed E-state index contributed by atoms with van der Waals surface area (Å²) in [5.41, 5.74) is 1.79. The third kappa shape index (κ3) is 2.05. The third-order valence-electron chi connectivity index (χ3n) is 1.68. The summed E-state index contributed by atoms with van der Waals surface area (Å²) in [6.45, 7) is 1.96. The smallest absolute Gasteiger partial charge is 0.131 e. The van der Waals surface area contributed by atoms with Crippen molar-refractivity contribution in [2.75, 3.05) is 0 Å². The fourth-order valence-corrected chi connectivity index (χ4v) is 2.19. The van der Waals surface area contributed by atoms with E-state index in [1.807, 2.05) is 12.3 Å². The van der Waals surface area contributed by atoms with Gasteiger partial charge in [-0.3, -0.25) is 0 Å². The van der Waals surface area contributed by atoms with E-state index in [1.165, 1.54) is 0 Å². The zero-order chi connectivity index (χ0) is 10.1. The summed E-state index contributed by atoms with van der Waals surface area (Å²) in [7, 11) is 0. The van der Waals surface area contributed by atoms with Crippen LogP contribution in [0.15, 0.2) is 17.5 Å². The largest absolute Gasteiger partial charge is 0.242 e. The van der Waals surface area contributed by atoms with Crippen molar-refractivity contribution < 1.29 is 0 Å². The molecule has 2 nitrogen and oxygen atoms in total. The van der Waals surface area contributed by atoms with E-state index in [0.29, 0.717) is 10.3 Å². The first-order valence-corrected chi connectivity index (χ1v) is 5.54. The Bertz CT molecular complexity index is 447. The molecule has 0 aromatic carbocycles. The SMILES string of the molecule is Cc1nc(-c2cc(Cl)nc(Cl)c2)cs1. The van der Waals surface area contributed by atoms with Gasteiger partial charge in [0.1, 0.15) is 10.3 Å². The van der Waals surface area contributed by atoms with E-state index in [9.17, 15) is 0 Å². The van der Waals surface area contributed by atoms with Crippen LogP contribution in [0.4, 0.5) is 0 Å². The molecule has 0 unspecified atom stereocenters. The van der Waals surface area contributed by atoms with Crippen LogP contribution < -0.4 is 0 Å². The van der Waals surface area contributed by atoms with E-state index in [1.54, 1.807) is 23.5 Å². The monoisotopic (exact) mass is 244 g/mol. The van der Waals surface area contributed by atoms with Gasteiger partial charge in [-0.05, 0) is 19.1 Å². The average molecular weight is 245 g/mol. The van der Waals surface area contributed by atoms with Crippen LogP contribution in [0.2, 0.25) is 10.3 Å². The van der Waals surface area contributed by atoms with Crippen LogP contribution in [0.3, 0.4) is 0 Å². The topological polar surface area (TPSA) is 25.8 Å². The lowest BCUT2D eigenvalue weighted by molar-refractivity contribution is 1.28. The number of thiazole rings is 1. The van der Waals surface area contributed by atoms with Crippen LogP contribution in [-0.2, 0) is 0 Å². The van der Waals surface area contributed by atoms with E-state index in [0.717, 1.165) is 16.3 Å². The molecule has 2 aromatic rings. The van der Waals surface area contributed by atoms with Gasteiger partial charge in [0.25, 0.3) is 0 Å². The van der Waals surface area contributed by atoms with Crippen molar-refractivity contribution in [1.82, 2.24) is 9.97 Å². The molecular weight excluding hydrogens is 239 g/mol. The molecule has 0 radical (unpaired) electrons.